The number of nitrogens with zero attached hydrogens (tertiary/aromatic N) is 1. The molecule has 0 aromatic heterocycles. The first-order valence-corrected chi connectivity index (χ1v) is 6.21. The molecule has 1 N–H and O–H groups in total. The molecule has 0 saturated carbocycles. The lowest BCUT2D eigenvalue weighted by molar-refractivity contribution is 0.509. The van der Waals surface area contributed by atoms with Crippen molar-refractivity contribution < 1.29 is 13.0 Å². The van der Waals surface area contributed by atoms with Crippen molar-refractivity contribution in [2.75, 3.05) is 23.9 Å². The van der Waals surface area contributed by atoms with E-state index in [0.717, 1.165) is 0 Å². The molecule has 0 aliphatic heterocycles. The molecule has 16 heavy (non-hydrogen) atoms. The zero-order chi connectivity index (χ0) is 12.1. The first-order chi connectivity index (χ1) is 7.56. The Morgan fingerprint density at radius 3 is 2.69 bits per heavy atom. The van der Waals surface area contributed by atoms with Crippen LogP contribution in [0.3, 0.4) is 0 Å². The van der Waals surface area contributed by atoms with Crippen LogP contribution in [0.5, 0.6) is 0 Å². The molecule has 0 heterocycles. The van der Waals surface area contributed by atoms with Crippen molar-refractivity contribution in [3.63, 3.8) is 0 Å². The second-order valence-corrected chi connectivity index (χ2v) is 4.66. The van der Waals surface area contributed by atoms with Crippen LogP contribution in [0.25, 0.3) is 0 Å². The molecular formula is C10H10F2N2OS. The molecule has 86 valence electrons. The third-order valence-corrected chi connectivity index (χ3v) is 2.69. The summed E-state index contributed by atoms with van der Waals surface area (Å²) in [5.74, 6) is -1.90. The van der Waals surface area contributed by atoms with Crippen LogP contribution in [0.1, 0.15) is 5.56 Å². The first-order valence-electron chi connectivity index (χ1n) is 4.48. The van der Waals surface area contributed by atoms with E-state index >= 15 is 0 Å². The smallest absolute Gasteiger partial charge is 0.183 e. The van der Waals surface area contributed by atoms with Crippen LogP contribution in [0.2, 0.25) is 0 Å². The lowest BCUT2D eigenvalue weighted by atomic mass is 10.2. The lowest BCUT2D eigenvalue weighted by Gasteiger charge is -2.07. The van der Waals surface area contributed by atoms with Crippen LogP contribution in [-0.4, -0.2) is 22.8 Å². The molecule has 3 nitrogen and oxygen atoms in total. The minimum atomic E-state index is -1.16. The Bertz CT molecular complexity index is 457. The SMILES string of the molecule is CS(=O)CCNc1ccc(C#N)c(F)c1F. The fraction of sp³-hybridized carbons (Fsp3) is 0.300. The van der Waals surface area contributed by atoms with E-state index in [1.54, 1.807) is 6.07 Å². The van der Waals surface area contributed by atoms with E-state index < -0.39 is 22.4 Å². The number of rotatable bonds is 4. The molecule has 6 heteroatoms. The van der Waals surface area contributed by atoms with Gasteiger partial charge in [-0.25, -0.2) is 8.78 Å². The van der Waals surface area contributed by atoms with Gasteiger partial charge in [0, 0.05) is 29.4 Å². The highest BCUT2D eigenvalue weighted by molar-refractivity contribution is 7.84. The van der Waals surface area contributed by atoms with Crippen molar-refractivity contribution in [3.8, 4) is 6.07 Å². The molecule has 0 bridgehead atoms. The maximum absolute atomic E-state index is 13.3. The van der Waals surface area contributed by atoms with Crippen molar-refractivity contribution in [1.82, 2.24) is 0 Å². The van der Waals surface area contributed by atoms with E-state index in [4.69, 9.17) is 5.26 Å². The van der Waals surface area contributed by atoms with Crippen molar-refractivity contribution in [3.05, 3.63) is 29.3 Å². The van der Waals surface area contributed by atoms with Gasteiger partial charge < -0.3 is 5.32 Å². The van der Waals surface area contributed by atoms with Crippen LogP contribution in [0, 0.1) is 23.0 Å². The van der Waals surface area contributed by atoms with E-state index in [0.29, 0.717) is 5.75 Å². The number of halogens is 2. The number of benzene rings is 1. The molecule has 1 unspecified atom stereocenters. The van der Waals surface area contributed by atoms with Crippen LogP contribution in [0.15, 0.2) is 12.1 Å². The average molecular weight is 244 g/mol. The van der Waals surface area contributed by atoms with Crippen molar-refractivity contribution in [2.24, 2.45) is 0 Å². The summed E-state index contributed by atoms with van der Waals surface area (Å²) in [4.78, 5) is 0. The Morgan fingerprint density at radius 1 is 1.44 bits per heavy atom. The van der Waals surface area contributed by atoms with Gasteiger partial charge in [0.2, 0.25) is 0 Å². The molecule has 0 amide bonds. The number of hydrogen-bond donors (Lipinski definition) is 1. The maximum atomic E-state index is 13.3. The monoisotopic (exact) mass is 244 g/mol. The molecule has 0 aliphatic carbocycles. The van der Waals surface area contributed by atoms with E-state index in [-0.39, 0.29) is 17.8 Å². The third-order valence-electron chi connectivity index (χ3n) is 1.91. The van der Waals surface area contributed by atoms with Gasteiger partial charge in [-0.2, -0.15) is 5.26 Å². The van der Waals surface area contributed by atoms with Crippen molar-refractivity contribution in [2.45, 2.75) is 0 Å². The summed E-state index contributed by atoms with van der Waals surface area (Å²) in [7, 11) is -0.988. The molecule has 0 fully saturated rings. The zero-order valence-electron chi connectivity index (χ0n) is 8.59. The summed E-state index contributed by atoms with van der Waals surface area (Å²) in [6.07, 6.45) is 1.53. The summed E-state index contributed by atoms with van der Waals surface area (Å²) in [6, 6.07) is 4.03. The molecule has 0 aliphatic rings. The van der Waals surface area contributed by atoms with Gasteiger partial charge in [-0.15, -0.1) is 0 Å². The third kappa shape index (κ3) is 3.00. The van der Waals surface area contributed by atoms with E-state index in [1.165, 1.54) is 18.4 Å². The number of nitrogens with one attached hydrogen (secondary N) is 1. The molecule has 1 atom stereocenters. The maximum Gasteiger partial charge on any atom is 0.183 e. The summed E-state index contributed by atoms with van der Waals surface area (Å²) < 4.78 is 37.2. The number of anilines is 1. The fourth-order valence-electron chi connectivity index (χ4n) is 1.10. The van der Waals surface area contributed by atoms with Crippen LogP contribution in [0.4, 0.5) is 14.5 Å². The van der Waals surface area contributed by atoms with Gasteiger partial charge in [-0.1, -0.05) is 0 Å². The molecule has 0 radical (unpaired) electrons. The average Bonchev–Trinajstić information content (AvgIpc) is 2.24. The van der Waals surface area contributed by atoms with Crippen molar-refractivity contribution in [1.29, 1.82) is 5.26 Å². The largest absolute Gasteiger partial charge is 0.382 e. The standard InChI is InChI=1S/C10H10F2N2OS/c1-16(15)5-4-14-8-3-2-7(6-13)9(11)10(8)12/h2-3,14H,4-5H2,1H3. The highest BCUT2D eigenvalue weighted by Crippen LogP contribution is 2.19. The highest BCUT2D eigenvalue weighted by atomic mass is 32.2. The predicted octanol–water partition coefficient (Wildman–Crippen LogP) is 1.63. The Balaban J connectivity index is 2.79. The molecular weight excluding hydrogens is 234 g/mol. The predicted molar refractivity (Wildman–Crippen MR) is 58.5 cm³/mol. The number of nitriles is 1. The van der Waals surface area contributed by atoms with E-state index in [2.05, 4.69) is 5.32 Å². The second-order valence-electron chi connectivity index (χ2n) is 3.10. The van der Waals surface area contributed by atoms with E-state index in [1.807, 2.05) is 0 Å². The summed E-state index contributed by atoms with van der Waals surface area (Å²) >= 11 is 0. The minimum absolute atomic E-state index is 0.0260. The second kappa shape index (κ2) is 5.56. The Kier molecular flexibility index (Phi) is 4.38. The van der Waals surface area contributed by atoms with Gasteiger partial charge in [0.05, 0.1) is 11.3 Å². The van der Waals surface area contributed by atoms with Gasteiger partial charge in [0.1, 0.15) is 6.07 Å². The van der Waals surface area contributed by atoms with Crippen LogP contribution < -0.4 is 5.32 Å². The lowest BCUT2D eigenvalue weighted by Crippen LogP contribution is -2.11. The molecule has 0 spiro atoms. The normalized spacial score (nSPS) is 11.9. The summed E-state index contributed by atoms with van der Waals surface area (Å²) in [5, 5.41) is 11.1. The highest BCUT2D eigenvalue weighted by Gasteiger charge is 2.12. The van der Waals surface area contributed by atoms with E-state index in [9.17, 15) is 13.0 Å². The summed E-state index contributed by atoms with van der Waals surface area (Å²) in [5.41, 5.74) is -0.357. The van der Waals surface area contributed by atoms with Gasteiger partial charge in [-0.05, 0) is 12.1 Å². The number of hydrogen-bond acceptors (Lipinski definition) is 3. The van der Waals surface area contributed by atoms with Crippen molar-refractivity contribution >= 4 is 16.5 Å². The Morgan fingerprint density at radius 2 is 2.12 bits per heavy atom. The quantitative estimate of drug-likeness (QED) is 0.875. The fourth-order valence-corrected chi connectivity index (χ4v) is 1.49. The summed E-state index contributed by atoms with van der Waals surface area (Å²) in [6.45, 7) is 0.283. The topological polar surface area (TPSA) is 52.9 Å². The van der Waals surface area contributed by atoms with Gasteiger partial charge in [0.15, 0.2) is 11.6 Å². The minimum Gasteiger partial charge on any atom is -0.382 e. The zero-order valence-corrected chi connectivity index (χ0v) is 9.41. The first kappa shape index (κ1) is 12.6. The molecule has 1 aromatic rings. The van der Waals surface area contributed by atoms with Gasteiger partial charge >= 0.3 is 0 Å². The Hall–Kier alpha value is -1.48. The van der Waals surface area contributed by atoms with Gasteiger partial charge in [-0.3, -0.25) is 4.21 Å². The molecule has 0 saturated heterocycles. The van der Waals surface area contributed by atoms with Gasteiger partial charge in [0.25, 0.3) is 0 Å². The van der Waals surface area contributed by atoms with Crippen LogP contribution >= 0.6 is 0 Å². The molecule has 1 rings (SSSR count). The Labute approximate surface area is 94.5 Å². The molecule has 1 aromatic carbocycles. The van der Waals surface area contributed by atoms with Crippen LogP contribution in [-0.2, 0) is 10.8 Å².